The highest BCUT2D eigenvalue weighted by Crippen LogP contribution is 2.34. The molecule has 10 heteroatoms. The number of esters is 2. The zero-order chi connectivity index (χ0) is 26.7. The summed E-state index contributed by atoms with van der Waals surface area (Å²) in [6.07, 6.45) is 1.15. The zero-order valence-corrected chi connectivity index (χ0v) is 21.6. The van der Waals surface area contributed by atoms with E-state index in [0.29, 0.717) is 17.6 Å². The van der Waals surface area contributed by atoms with Crippen LogP contribution in [-0.2, 0) is 38.4 Å². The molecule has 0 saturated carbocycles. The molecule has 0 aliphatic carbocycles. The molecule has 0 bridgehead atoms. The van der Waals surface area contributed by atoms with Crippen LogP contribution < -0.4 is 0 Å². The van der Waals surface area contributed by atoms with Gasteiger partial charge in [-0.1, -0.05) is 31.2 Å². The third-order valence-electron chi connectivity index (χ3n) is 5.25. The van der Waals surface area contributed by atoms with Crippen LogP contribution in [0.3, 0.4) is 0 Å². The van der Waals surface area contributed by atoms with Crippen LogP contribution in [-0.4, -0.2) is 60.3 Å². The highest BCUT2D eigenvalue weighted by Gasteiger charge is 2.27. The predicted octanol–water partition coefficient (Wildman–Crippen LogP) is 4.04. The van der Waals surface area contributed by atoms with Crippen LogP contribution >= 0.6 is 0 Å². The molecular formula is C26H31FO8S. The monoisotopic (exact) mass is 522 g/mol. The smallest absolute Gasteiger partial charge is 0.339 e. The minimum Gasteiger partial charge on any atom is -0.469 e. The van der Waals surface area contributed by atoms with Gasteiger partial charge in [-0.25, -0.2) is 17.6 Å². The minimum atomic E-state index is -3.45. The van der Waals surface area contributed by atoms with E-state index in [1.54, 1.807) is 18.2 Å². The van der Waals surface area contributed by atoms with Gasteiger partial charge in [0, 0.05) is 25.4 Å². The molecule has 196 valence electrons. The molecular weight excluding hydrogens is 491 g/mol. The van der Waals surface area contributed by atoms with Crippen molar-refractivity contribution >= 4 is 32.9 Å². The number of benzene rings is 2. The van der Waals surface area contributed by atoms with Crippen LogP contribution in [0.2, 0.25) is 0 Å². The molecule has 0 heterocycles. The lowest BCUT2D eigenvalue weighted by atomic mass is 9.89. The van der Waals surface area contributed by atoms with Gasteiger partial charge in [0.15, 0.2) is 9.84 Å². The van der Waals surface area contributed by atoms with E-state index in [1.165, 1.54) is 44.6 Å². The Morgan fingerprint density at radius 2 is 1.72 bits per heavy atom. The van der Waals surface area contributed by atoms with Gasteiger partial charge in [-0.15, -0.1) is 0 Å². The zero-order valence-electron chi connectivity index (χ0n) is 20.8. The number of methoxy groups -OCH3 is 2. The van der Waals surface area contributed by atoms with Gasteiger partial charge in [-0.2, -0.15) is 0 Å². The summed E-state index contributed by atoms with van der Waals surface area (Å²) in [7, 11) is -0.723. The van der Waals surface area contributed by atoms with E-state index in [9.17, 15) is 22.4 Å². The molecule has 0 N–H and O–H groups in total. The maximum atomic E-state index is 14.2. The van der Waals surface area contributed by atoms with Crippen molar-refractivity contribution in [3.63, 3.8) is 0 Å². The molecule has 0 aliphatic rings. The summed E-state index contributed by atoms with van der Waals surface area (Å²) in [5.41, 5.74) is 1.20. The largest absolute Gasteiger partial charge is 0.469 e. The third-order valence-corrected chi connectivity index (χ3v) is 6.37. The van der Waals surface area contributed by atoms with E-state index in [0.717, 1.165) is 6.26 Å². The summed E-state index contributed by atoms with van der Waals surface area (Å²) in [4.78, 5) is 24.9. The minimum absolute atomic E-state index is 0.0580. The van der Waals surface area contributed by atoms with Crippen LogP contribution in [0, 0.1) is 5.82 Å². The summed E-state index contributed by atoms with van der Waals surface area (Å²) < 4.78 is 59.1. The molecule has 1 atom stereocenters. The van der Waals surface area contributed by atoms with Crippen molar-refractivity contribution in [2.24, 2.45) is 0 Å². The fourth-order valence-corrected chi connectivity index (χ4v) is 4.14. The highest BCUT2D eigenvalue weighted by molar-refractivity contribution is 7.90. The SMILES string of the molecule is CCC(OCOC)/C(=C(\C(=O)OCCCC(=O)OC)c1cccc(F)c1)c1ccc(S(C)(=O)=O)cc1. The maximum absolute atomic E-state index is 14.2. The summed E-state index contributed by atoms with van der Waals surface area (Å²) in [5.74, 6) is -1.73. The Hall–Kier alpha value is -3.08. The number of hydrogen-bond donors (Lipinski definition) is 0. The Morgan fingerprint density at radius 1 is 1.03 bits per heavy atom. The molecule has 0 aliphatic heterocycles. The molecule has 2 aromatic carbocycles. The lowest BCUT2D eigenvalue weighted by Crippen LogP contribution is -2.21. The molecule has 8 nitrogen and oxygen atoms in total. The Kier molecular flexibility index (Phi) is 11.2. The van der Waals surface area contributed by atoms with Crippen LogP contribution in [0.1, 0.15) is 37.3 Å². The summed E-state index contributed by atoms with van der Waals surface area (Å²) in [6, 6.07) is 11.5. The predicted molar refractivity (Wildman–Crippen MR) is 132 cm³/mol. The first-order valence-electron chi connectivity index (χ1n) is 11.3. The molecule has 0 aromatic heterocycles. The Balaban J connectivity index is 2.66. The molecule has 2 aromatic rings. The van der Waals surface area contributed by atoms with Gasteiger partial charge in [-0.3, -0.25) is 4.79 Å². The van der Waals surface area contributed by atoms with Crippen molar-refractivity contribution in [2.45, 2.75) is 37.2 Å². The van der Waals surface area contributed by atoms with Crippen LogP contribution in [0.4, 0.5) is 4.39 Å². The molecule has 36 heavy (non-hydrogen) atoms. The van der Waals surface area contributed by atoms with Crippen molar-refractivity contribution in [3.05, 3.63) is 65.5 Å². The number of sulfone groups is 1. The number of hydrogen-bond acceptors (Lipinski definition) is 8. The molecule has 2 rings (SSSR count). The van der Waals surface area contributed by atoms with Gasteiger partial charge in [0.05, 0.1) is 30.3 Å². The van der Waals surface area contributed by atoms with Crippen molar-refractivity contribution in [1.29, 1.82) is 0 Å². The van der Waals surface area contributed by atoms with Crippen molar-refractivity contribution < 1.29 is 41.3 Å². The molecule has 1 unspecified atom stereocenters. The van der Waals surface area contributed by atoms with Crippen molar-refractivity contribution in [2.75, 3.05) is 33.9 Å². The number of halogens is 1. The standard InChI is InChI=1S/C26H31FO8S/c1-5-22(35-17-32-2)24(18-11-13-21(14-12-18)36(4,30)31)25(19-8-6-9-20(27)16-19)26(29)34-15-7-10-23(28)33-3/h6,8-9,11-14,16,22H,5,7,10,15,17H2,1-4H3/b25-24-. The normalized spacial score (nSPS) is 13.0. The number of carbonyl (C=O) groups excluding carboxylic acids is 2. The van der Waals surface area contributed by atoms with Gasteiger partial charge in [0.2, 0.25) is 0 Å². The topological polar surface area (TPSA) is 105 Å². The summed E-state index contributed by atoms with van der Waals surface area (Å²) >= 11 is 0. The maximum Gasteiger partial charge on any atom is 0.339 e. The molecule has 0 amide bonds. The molecule has 0 radical (unpaired) electrons. The first-order valence-corrected chi connectivity index (χ1v) is 13.2. The average Bonchev–Trinajstić information content (AvgIpc) is 2.85. The Bertz CT molecular complexity index is 1170. The quantitative estimate of drug-likeness (QED) is 0.128. The number of carbonyl (C=O) groups is 2. The molecule has 0 fully saturated rings. The number of rotatable bonds is 13. The van der Waals surface area contributed by atoms with E-state index in [1.807, 2.05) is 6.92 Å². The van der Waals surface area contributed by atoms with Gasteiger partial charge in [0.25, 0.3) is 0 Å². The fourth-order valence-electron chi connectivity index (χ4n) is 3.51. The lowest BCUT2D eigenvalue weighted by Gasteiger charge is -2.24. The first kappa shape index (κ1) is 29.2. The average molecular weight is 523 g/mol. The van der Waals surface area contributed by atoms with Crippen LogP contribution in [0.15, 0.2) is 53.4 Å². The van der Waals surface area contributed by atoms with E-state index < -0.39 is 33.7 Å². The molecule has 0 spiro atoms. The van der Waals surface area contributed by atoms with Gasteiger partial charge in [0.1, 0.15) is 12.6 Å². The highest BCUT2D eigenvalue weighted by atomic mass is 32.2. The first-order chi connectivity index (χ1) is 17.1. The third kappa shape index (κ3) is 8.25. The van der Waals surface area contributed by atoms with E-state index in [2.05, 4.69) is 4.74 Å². The van der Waals surface area contributed by atoms with Gasteiger partial charge in [-0.05, 0) is 48.2 Å². The van der Waals surface area contributed by atoms with Gasteiger partial charge < -0.3 is 18.9 Å². The second-order valence-electron chi connectivity index (χ2n) is 7.88. The number of ether oxygens (including phenoxy) is 4. The fraction of sp³-hybridized carbons (Fsp3) is 0.385. The summed E-state index contributed by atoms with van der Waals surface area (Å²) in [5, 5.41) is 0. The summed E-state index contributed by atoms with van der Waals surface area (Å²) in [6.45, 7) is 1.70. The van der Waals surface area contributed by atoms with Crippen molar-refractivity contribution in [1.82, 2.24) is 0 Å². The second-order valence-corrected chi connectivity index (χ2v) is 9.90. The van der Waals surface area contributed by atoms with E-state index in [4.69, 9.17) is 14.2 Å². The van der Waals surface area contributed by atoms with E-state index in [-0.39, 0.29) is 42.3 Å². The van der Waals surface area contributed by atoms with E-state index >= 15 is 0 Å². The Morgan fingerprint density at radius 3 is 2.28 bits per heavy atom. The second kappa shape index (κ2) is 13.9. The lowest BCUT2D eigenvalue weighted by molar-refractivity contribution is -0.143. The van der Waals surface area contributed by atoms with Crippen LogP contribution in [0.5, 0.6) is 0 Å². The molecule has 0 saturated heterocycles. The van der Waals surface area contributed by atoms with Gasteiger partial charge >= 0.3 is 11.9 Å². The Labute approximate surface area is 210 Å². The van der Waals surface area contributed by atoms with Crippen molar-refractivity contribution in [3.8, 4) is 0 Å². The van der Waals surface area contributed by atoms with Crippen LogP contribution in [0.25, 0.3) is 11.1 Å².